The van der Waals surface area contributed by atoms with Gasteiger partial charge in [-0.2, -0.15) is 5.10 Å². The molecule has 0 unspecified atom stereocenters. The summed E-state index contributed by atoms with van der Waals surface area (Å²) in [6.07, 6.45) is 3.63. The van der Waals surface area contributed by atoms with Crippen LogP contribution in [0, 0.1) is 5.92 Å². The van der Waals surface area contributed by atoms with E-state index < -0.39 is 0 Å². The molecule has 2 amide bonds. The fourth-order valence-electron chi connectivity index (χ4n) is 4.74. The van der Waals surface area contributed by atoms with Gasteiger partial charge in [0.2, 0.25) is 5.91 Å². The lowest BCUT2D eigenvalue weighted by molar-refractivity contribution is -0.119. The van der Waals surface area contributed by atoms with Crippen LogP contribution in [0.5, 0.6) is 0 Å². The van der Waals surface area contributed by atoms with Crippen molar-refractivity contribution in [3.8, 4) is 0 Å². The van der Waals surface area contributed by atoms with Gasteiger partial charge in [0.15, 0.2) is 0 Å². The van der Waals surface area contributed by atoms with Crippen LogP contribution in [0.3, 0.4) is 0 Å². The molecular formula is C27H38ClN5O2. The largest absolute Gasteiger partial charge is 0.332 e. The Morgan fingerprint density at radius 1 is 1.09 bits per heavy atom. The van der Waals surface area contributed by atoms with Crippen LogP contribution in [-0.2, 0) is 11.3 Å². The summed E-state index contributed by atoms with van der Waals surface area (Å²) in [6.45, 7) is 11.7. The lowest BCUT2D eigenvalue weighted by Crippen LogP contribution is -2.41. The molecule has 0 radical (unpaired) electrons. The Kier molecular flexibility index (Phi) is 8.17. The molecule has 2 aliphatic rings. The number of aromatic nitrogens is 2. The van der Waals surface area contributed by atoms with Gasteiger partial charge in [-0.15, -0.1) is 0 Å². The standard InChI is InChI=1S/C27H38ClN5O2/c1-18(2)14-26(34)33-11-5-10-31(19(3)4)12-13-32(17-21-8-9-22(28)15-25(21)33)27(35)24-16-23(29-30-24)20-6-7-20/h8-9,15-16,18-20H,5-7,10-14,17H2,1-4H3,(H,29,30). The highest BCUT2D eigenvalue weighted by Crippen LogP contribution is 2.39. The number of nitrogens with zero attached hydrogens (tertiary/aromatic N) is 4. The van der Waals surface area contributed by atoms with Crippen molar-refractivity contribution >= 4 is 29.1 Å². The Morgan fingerprint density at radius 2 is 1.86 bits per heavy atom. The van der Waals surface area contributed by atoms with Gasteiger partial charge in [0, 0.05) is 61.8 Å². The average Bonchev–Trinajstić information content (AvgIpc) is 3.54. The molecule has 4 rings (SSSR count). The molecule has 35 heavy (non-hydrogen) atoms. The van der Waals surface area contributed by atoms with Crippen LogP contribution in [0.2, 0.25) is 5.02 Å². The third kappa shape index (κ3) is 6.44. The van der Waals surface area contributed by atoms with Crippen LogP contribution in [0.1, 0.15) is 81.0 Å². The number of benzene rings is 1. The summed E-state index contributed by atoms with van der Waals surface area (Å²) in [5, 5.41) is 8.00. The summed E-state index contributed by atoms with van der Waals surface area (Å²) in [7, 11) is 0. The van der Waals surface area contributed by atoms with Crippen molar-refractivity contribution in [2.45, 2.75) is 71.9 Å². The Hall–Kier alpha value is -2.38. The van der Waals surface area contributed by atoms with Gasteiger partial charge in [0.1, 0.15) is 5.69 Å². The number of carbonyl (C=O) groups excluding carboxylic acids is 2. The number of amides is 2. The minimum atomic E-state index is -0.0861. The summed E-state index contributed by atoms with van der Waals surface area (Å²) in [6, 6.07) is 7.92. The van der Waals surface area contributed by atoms with E-state index in [1.807, 2.05) is 34.1 Å². The second-order valence-electron chi connectivity index (χ2n) is 10.6. The van der Waals surface area contributed by atoms with Crippen LogP contribution >= 0.6 is 11.6 Å². The Morgan fingerprint density at radius 3 is 2.54 bits per heavy atom. The van der Waals surface area contributed by atoms with E-state index >= 15 is 0 Å². The monoisotopic (exact) mass is 499 g/mol. The number of fused-ring (bicyclic) bond motifs is 1. The predicted octanol–water partition coefficient (Wildman–Crippen LogP) is 5.08. The van der Waals surface area contributed by atoms with Gasteiger partial charge in [-0.3, -0.25) is 19.6 Å². The van der Waals surface area contributed by atoms with Gasteiger partial charge < -0.3 is 9.80 Å². The van der Waals surface area contributed by atoms with Crippen LogP contribution < -0.4 is 4.90 Å². The molecule has 1 saturated carbocycles. The summed E-state index contributed by atoms with van der Waals surface area (Å²) in [5.41, 5.74) is 3.24. The third-order valence-corrected chi connectivity index (χ3v) is 7.15. The number of rotatable bonds is 5. The Bertz CT molecular complexity index is 1050. The SMILES string of the molecule is CC(C)CC(=O)N1CCCN(C(C)C)CCN(C(=O)c2cc(C3CC3)[nH]n2)Cc2ccc(Cl)cc21. The lowest BCUT2D eigenvalue weighted by atomic mass is 10.1. The molecule has 0 bridgehead atoms. The third-order valence-electron chi connectivity index (χ3n) is 6.92. The van der Waals surface area contributed by atoms with Crippen molar-refractivity contribution in [3.63, 3.8) is 0 Å². The molecule has 1 aromatic carbocycles. The first-order valence-electron chi connectivity index (χ1n) is 12.9. The maximum atomic E-state index is 13.6. The quantitative estimate of drug-likeness (QED) is 0.623. The van der Waals surface area contributed by atoms with Crippen LogP contribution in [0.25, 0.3) is 0 Å². The lowest BCUT2D eigenvalue weighted by Gasteiger charge is -2.29. The van der Waals surface area contributed by atoms with Gasteiger partial charge in [-0.25, -0.2) is 0 Å². The van der Waals surface area contributed by atoms with E-state index in [4.69, 9.17) is 11.6 Å². The first-order valence-corrected chi connectivity index (χ1v) is 13.3. The smallest absolute Gasteiger partial charge is 0.274 e. The highest BCUT2D eigenvalue weighted by molar-refractivity contribution is 6.31. The maximum Gasteiger partial charge on any atom is 0.274 e. The second kappa shape index (κ2) is 11.1. The number of H-pyrrole nitrogens is 1. The zero-order chi connectivity index (χ0) is 25.1. The number of hydrogen-bond acceptors (Lipinski definition) is 4. The van der Waals surface area contributed by atoms with Crippen molar-refractivity contribution < 1.29 is 9.59 Å². The van der Waals surface area contributed by atoms with Gasteiger partial charge in [0.05, 0.1) is 5.69 Å². The second-order valence-corrected chi connectivity index (χ2v) is 11.0. The van der Waals surface area contributed by atoms with E-state index in [1.54, 1.807) is 0 Å². The van der Waals surface area contributed by atoms with Gasteiger partial charge in [-0.05, 0) is 62.8 Å². The van der Waals surface area contributed by atoms with Crippen molar-refractivity contribution in [2.75, 3.05) is 31.1 Å². The average molecular weight is 500 g/mol. The van der Waals surface area contributed by atoms with Crippen molar-refractivity contribution in [2.24, 2.45) is 5.92 Å². The minimum absolute atomic E-state index is 0.0861. The molecule has 0 atom stereocenters. The van der Waals surface area contributed by atoms with E-state index in [0.29, 0.717) is 48.7 Å². The van der Waals surface area contributed by atoms with Crippen molar-refractivity contribution in [1.82, 2.24) is 20.0 Å². The fourth-order valence-corrected chi connectivity index (χ4v) is 4.91. The van der Waals surface area contributed by atoms with E-state index in [-0.39, 0.29) is 17.7 Å². The molecule has 1 aliphatic carbocycles. The molecule has 0 saturated heterocycles. The molecule has 1 N–H and O–H groups in total. The van der Waals surface area contributed by atoms with E-state index in [2.05, 4.69) is 42.8 Å². The van der Waals surface area contributed by atoms with Gasteiger partial charge in [0.25, 0.3) is 5.91 Å². The number of aromatic amines is 1. The van der Waals surface area contributed by atoms with Crippen molar-refractivity contribution in [3.05, 3.63) is 46.2 Å². The highest BCUT2D eigenvalue weighted by atomic mass is 35.5. The van der Waals surface area contributed by atoms with E-state index in [1.165, 1.54) is 0 Å². The molecule has 2 heterocycles. The summed E-state index contributed by atoms with van der Waals surface area (Å²) in [4.78, 5) is 33.1. The molecule has 190 valence electrons. The fraction of sp³-hybridized carbons (Fsp3) is 0.593. The summed E-state index contributed by atoms with van der Waals surface area (Å²) < 4.78 is 0. The molecule has 1 fully saturated rings. The Balaban J connectivity index is 1.69. The van der Waals surface area contributed by atoms with E-state index in [0.717, 1.165) is 49.3 Å². The van der Waals surface area contributed by atoms with Crippen LogP contribution in [-0.4, -0.2) is 64.0 Å². The Labute approximate surface area is 213 Å². The highest BCUT2D eigenvalue weighted by Gasteiger charge is 2.29. The summed E-state index contributed by atoms with van der Waals surface area (Å²) in [5.74, 6) is 0.774. The van der Waals surface area contributed by atoms with E-state index in [9.17, 15) is 9.59 Å². The molecule has 1 aromatic heterocycles. The number of hydrogen-bond donors (Lipinski definition) is 1. The number of nitrogens with one attached hydrogen (secondary N) is 1. The first-order chi connectivity index (χ1) is 16.7. The topological polar surface area (TPSA) is 72.5 Å². The minimum Gasteiger partial charge on any atom is -0.332 e. The number of anilines is 1. The molecule has 1 aliphatic heterocycles. The predicted molar refractivity (Wildman–Crippen MR) is 140 cm³/mol. The zero-order valence-corrected chi connectivity index (χ0v) is 22.1. The first kappa shape index (κ1) is 25.7. The van der Waals surface area contributed by atoms with Crippen LogP contribution in [0.4, 0.5) is 5.69 Å². The molecule has 2 aromatic rings. The molecule has 0 spiro atoms. The summed E-state index contributed by atoms with van der Waals surface area (Å²) >= 11 is 6.41. The van der Waals surface area contributed by atoms with Crippen LogP contribution in [0.15, 0.2) is 24.3 Å². The molecule has 7 nitrogen and oxygen atoms in total. The number of carbonyl (C=O) groups is 2. The molecule has 8 heteroatoms. The maximum absolute atomic E-state index is 13.6. The van der Waals surface area contributed by atoms with Gasteiger partial charge in [-0.1, -0.05) is 31.5 Å². The molecular weight excluding hydrogens is 462 g/mol. The normalized spacial score (nSPS) is 18.0. The zero-order valence-electron chi connectivity index (χ0n) is 21.4. The van der Waals surface area contributed by atoms with Crippen molar-refractivity contribution in [1.29, 1.82) is 0 Å². The van der Waals surface area contributed by atoms with Gasteiger partial charge >= 0.3 is 0 Å². The number of halogens is 1.